The van der Waals surface area contributed by atoms with E-state index in [9.17, 15) is 0 Å². The van der Waals surface area contributed by atoms with Gasteiger partial charge in [-0.1, -0.05) is 180 Å². The van der Waals surface area contributed by atoms with Crippen LogP contribution in [0.3, 0.4) is 0 Å². The summed E-state index contributed by atoms with van der Waals surface area (Å²) in [4.78, 5) is 11.3. The highest BCUT2D eigenvalue weighted by Crippen LogP contribution is 2.56. The molecular weight excluding hydrogens is 977 g/mol. The Balaban J connectivity index is 0.988. The summed E-state index contributed by atoms with van der Waals surface area (Å²) >= 11 is 16.1. The lowest BCUT2D eigenvalue weighted by Crippen LogP contribution is -1.87. The molecule has 0 atom stereocenters. The van der Waals surface area contributed by atoms with Gasteiger partial charge in [-0.2, -0.15) is 0 Å². The average molecular weight is 1050 g/mol. The highest BCUT2D eigenvalue weighted by Gasteiger charge is 2.26. The van der Waals surface area contributed by atoms with Gasteiger partial charge in [0.2, 0.25) is 0 Å². The van der Waals surface area contributed by atoms with Gasteiger partial charge in [0.25, 0.3) is 0 Å². The van der Waals surface area contributed by atoms with Crippen LogP contribution in [0.4, 0.5) is 0 Å². The van der Waals surface area contributed by atoms with Gasteiger partial charge in [0.15, 0.2) is 0 Å². The molecular formula is C60H76S8. The number of unbranched alkanes of at least 4 members (excludes halogenated alkanes) is 24. The van der Waals surface area contributed by atoms with E-state index in [-0.39, 0.29) is 0 Å². The maximum Gasteiger partial charge on any atom is 0.0651 e. The van der Waals surface area contributed by atoms with E-state index in [2.05, 4.69) is 143 Å². The van der Waals surface area contributed by atoms with E-state index >= 15 is 0 Å². The Hall–Kier alpha value is -2.14. The van der Waals surface area contributed by atoms with E-state index in [4.69, 9.17) is 0 Å². The quantitative estimate of drug-likeness (QED) is 0.0353. The van der Waals surface area contributed by atoms with Crippen molar-refractivity contribution in [3.8, 4) is 19.5 Å². The van der Waals surface area contributed by atoms with Gasteiger partial charge in [-0.05, 0) is 108 Å². The molecule has 0 radical (unpaired) electrons. The van der Waals surface area contributed by atoms with Crippen LogP contribution in [0.25, 0.3) is 72.0 Å². The fraction of sp³-hybridized carbons (Fsp3) is 0.500. The van der Waals surface area contributed by atoms with Crippen molar-refractivity contribution in [2.45, 2.75) is 194 Å². The third-order valence-corrected chi connectivity index (χ3v) is 23.4. The molecule has 0 aromatic carbocycles. The van der Waals surface area contributed by atoms with Crippen LogP contribution in [-0.4, -0.2) is 0 Å². The molecule has 8 aromatic rings. The molecule has 68 heavy (non-hydrogen) atoms. The van der Waals surface area contributed by atoms with Gasteiger partial charge < -0.3 is 0 Å². The standard InChI is InChI=1S/C60H76S8/c1-3-5-7-9-11-13-15-17-19-21-23-25-27-33-49-53(51-41-39-47(63-51)37-35-45-31-29-43-61-45)65-57-55(49)67-60-58-56(68-59(57)60)50(34-28-26-24-22-20-18-16-14-12-10-8-6-4-2)54(66-58)52-42-40-48(64-52)38-36-46-32-30-44-62-46/h29-32,35-44H,3-28,33-34H2,1-2H3/b37-35+,38-36+. The van der Waals surface area contributed by atoms with Crippen LogP contribution in [0.1, 0.15) is 211 Å². The summed E-state index contributed by atoms with van der Waals surface area (Å²) in [5.41, 5.74) is 3.27. The molecule has 8 heterocycles. The second-order valence-corrected chi connectivity index (χ2v) is 27.4. The normalized spacial score (nSPS) is 12.3. The second-order valence-electron chi connectivity index (χ2n) is 19.1. The fourth-order valence-electron chi connectivity index (χ4n) is 9.73. The van der Waals surface area contributed by atoms with E-state index in [0.717, 1.165) is 0 Å². The summed E-state index contributed by atoms with van der Waals surface area (Å²) in [5, 5.41) is 4.34. The van der Waals surface area contributed by atoms with Crippen LogP contribution in [0, 0.1) is 0 Å². The van der Waals surface area contributed by atoms with E-state index in [0.29, 0.717) is 0 Å². The van der Waals surface area contributed by atoms with E-state index in [1.807, 2.05) is 45.3 Å². The molecule has 8 rings (SSSR count). The van der Waals surface area contributed by atoms with Gasteiger partial charge in [-0.25, -0.2) is 0 Å². The highest BCUT2D eigenvalue weighted by atomic mass is 32.1. The van der Waals surface area contributed by atoms with Gasteiger partial charge >= 0.3 is 0 Å². The lowest BCUT2D eigenvalue weighted by molar-refractivity contribution is 0.539. The SMILES string of the molecule is CCCCCCCCCCCCCCCc1c(-c2ccc(/C=C/c3cccs3)s2)sc2c1sc1c3sc(-c4ccc(/C=C/c5cccs5)s4)c(CCCCCCCCCCCCCCC)c3sc21. The molecule has 0 bridgehead atoms. The van der Waals surface area contributed by atoms with Crippen molar-refractivity contribution in [1.29, 1.82) is 0 Å². The average Bonchev–Trinajstić information content (AvgIpc) is 4.21. The zero-order valence-corrected chi connectivity index (χ0v) is 47.7. The molecule has 364 valence electrons. The predicted molar refractivity (Wildman–Crippen MR) is 322 cm³/mol. The van der Waals surface area contributed by atoms with Crippen LogP contribution in [0.2, 0.25) is 0 Å². The van der Waals surface area contributed by atoms with Crippen molar-refractivity contribution < 1.29 is 0 Å². The molecule has 0 saturated heterocycles. The van der Waals surface area contributed by atoms with Gasteiger partial charge in [-0.3, -0.25) is 0 Å². The first-order valence-electron chi connectivity index (χ1n) is 26.8. The van der Waals surface area contributed by atoms with Crippen LogP contribution in [0.5, 0.6) is 0 Å². The molecule has 0 aliphatic heterocycles. The molecule has 0 nitrogen and oxygen atoms in total. The van der Waals surface area contributed by atoms with Crippen molar-refractivity contribution in [2.24, 2.45) is 0 Å². The third kappa shape index (κ3) is 15.0. The van der Waals surface area contributed by atoms with Crippen molar-refractivity contribution in [3.05, 3.63) is 89.9 Å². The number of aryl methyl sites for hydroxylation is 2. The van der Waals surface area contributed by atoms with Crippen molar-refractivity contribution in [2.75, 3.05) is 0 Å². The molecule has 8 aromatic heterocycles. The van der Waals surface area contributed by atoms with Crippen molar-refractivity contribution in [1.82, 2.24) is 0 Å². The monoisotopic (exact) mass is 1050 g/mol. The molecule has 0 amide bonds. The number of fused-ring (bicyclic) bond motifs is 5. The first-order chi connectivity index (χ1) is 33.7. The zero-order valence-electron chi connectivity index (χ0n) is 41.1. The summed E-state index contributed by atoms with van der Waals surface area (Å²) in [6.45, 7) is 4.63. The Morgan fingerprint density at radius 3 is 0.971 bits per heavy atom. The van der Waals surface area contributed by atoms with Crippen molar-refractivity contribution >= 4 is 143 Å². The van der Waals surface area contributed by atoms with Gasteiger partial charge in [-0.15, -0.1) is 90.7 Å². The Kier molecular flexibility index (Phi) is 22.1. The predicted octanol–water partition coefficient (Wildman–Crippen LogP) is 24.6. The first-order valence-corrected chi connectivity index (χ1v) is 33.4. The minimum Gasteiger partial charge on any atom is -0.144 e. The first kappa shape index (κ1) is 52.2. The lowest BCUT2D eigenvalue weighted by Gasteiger charge is -2.05. The summed E-state index contributed by atoms with van der Waals surface area (Å²) in [6.07, 6.45) is 48.0. The van der Waals surface area contributed by atoms with E-state index < -0.39 is 0 Å². The molecule has 0 saturated carbocycles. The highest BCUT2D eigenvalue weighted by molar-refractivity contribution is 7.46. The number of thiophene rings is 8. The van der Waals surface area contributed by atoms with E-state index in [1.54, 1.807) is 49.1 Å². The van der Waals surface area contributed by atoms with Gasteiger partial charge in [0.1, 0.15) is 0 Å². The summed E-state index contributed by atoms with van der Waals surface area (Å²) in [7, 11) is 0. The summed E-state index contributed by atoms with van der Waals surface area (Å²) < 4.78 is 9.42. The minimum atomic E-state index is 1.19. The fourth-order valence-corrected chi connectivity index (χ4v) is 19.3. The van der Waals surface area contributed by atoms with E-state index in [1.165, 1.54) is 209 Å². The molecule has 0 N–H and O–H groups in total. The lowest BCUT2D eigenvalue weighted by atomic mass is 10.0. The van der Waals surface area contributed by atoms with Gasteiger partial charge in [0, 0.05) is 39.0 Å². The molecule has 0 fully saturated rings. The second kappa shape index (κ2) is 28.8. The number of hydrogen-bond donors (Lipinski definition) is 0. The smallest absolute Gasteiger partial charge is 0.0651 e. The number of rotatable bonds is 34. The third-order valence-electron chi connectivity index (χ3n) is 13.6. The van der Waals surface area contributed by atoms with Gasteiger partial charge in [0.05, 0.1) is 28.2 Å². The zero-order chi connectivity index (χ0) is 46.6. The Labute approximate surface area is 442 Å². The largest absolute Gasteiger partial charge is 0.144 e. The Bertz CT molecular complexity index is 2490. The van der Waals surface area contributed by atoms with Crippen LogP contribution >= 0.6 is 90.7 Å². The summed E-state index contributed by atoms with van der Waals surface area (Å²) in [5.74, 6) is 0. The maximum atomic E-state index is 2.41. The molecule has 8 heteroatoms. The Morgan fingerprint density at radius 1 is 0.309 bits per heavy atom. The van der Waals surface area contributed by atoms with Crippen LogP contribution in [0.15, 0.2) is 59.3 Å². The molecule has 0 aliphatic rings. The molecule has 0 aliphatic carbocycles. The van der Waals surface area contributed by atoms with Crippen LogP contribution < -0.4 is 0 Å². The van der Waals surface area contributed by atoms with Crippen molar-refractivity contribution in [3.63, 3.8) is 0 Å². The number of hydrogen-bond acceptors (Lipinski definition) is 8. The summed E-state index contributed by atoms with van der Waals surface area (Å²) in [6, 6.07) is 18.2. The van der Waals surface area contributed by atoms with Crippen LogP contribution in [-0.2, 0) is 12.8 Å². The topological polar surface area (TPSA) is 0 Å². The molecule has 0 spiro atoms. The molecule has 0 unspecified atom stereocenters. The minimum absolute atomic E-state index is 1.19. The maximum absolute atomic E-state index is 2.41. The Morgan fingerprint density at radius 2 is 0.632 bits per heavy atom.